The van der Waals surface area contributed by atoms with Crippen molar-refractivity contribution in [2.75, 3.05) is 19.7 Å². The molecule has 34 heavy (non-hydrogen) atoms. The molecule has 0 saturated carbocycles. The predicted molar refractivity (Wildman–Crippen MR) is 129 cm³/mol. The van der Waals surface area contributed by atoms with E-state index in [4.69, 9.17) is 25.3 Å². The van der Waals surface area contributed by atoms with Gasteiger partial charge in [-0.2, -0.15) is 4.98 Å². The molecule has 4 rings (SSSR count). The minimum atomic E-state index is -0.647. The van der Waals surface area contributed by atoms with Crippen molar-refractivity contribution in [3.63, 3.8) is 0 Å². The van der Waals surface area contributed by atoms with E-state index in [1.165, 1.54) is 0 Å². The lowest BCUT2D eigenvalue weighted by atomic mass is 10.1. The number of halogens is 1. The molecule has 0 radical (unpaired) electrons. The van der Waals surface area contributed by atoms with Crippen LogP contribution < -0.4 is 0 Å². The first-order valence-corrected chi connectivity index (χ1v) is 11.6. The van der Waals surface area contributed by atoms with Crippen LogP contribution in [0.3, 0.4) is 0 Å². The van der Waals surface area contributed by atoms with Gasteiger partial charge in [-0.3, -0.25) is 4.90 Å². The molecule has 1 atom stereocenters. The molecule has 2 aromatic carbocycles. The van der Waals surface area contributed by atoms with Gasteiger partial charge in [0.05, 0.1) is 32.1 Å². The summed E-state index contributed by atoms with van der Waals surface area (Å²) in [6.45, 7) is 4.23. The molecule has 1 unspecified atom stereocenters. The summed E-state index contributed by atoms with van der Waals surface area (Å²) < 4.78 is 16.7. The van der Waals surface area contributed by atoms with E-state index in [9.17, 15) is 5.11 Å². The van der Waals surface area contributed by atoms with Crippen LogP contribution in [0, 0.1) is 6.92 Å². The smallest absolute Gasteiger partial charge is 0.228 e. The number of benzene rings is 2. The zero-order chi connectivity index (χ0) is 23.8. The third-order valence-corrected chi connectivity index (χ3v) is 5.80. The average molecular weight is 482 g/mol. The lowest BCUT2D eigenvalue weighted by Crippen LogP contribution is -2.35. The Bertz CT molecular complexity index is 1150. The van der Waals surface area contributed by atoms with Gasteiger partial charge in [0.1, 0.15) is 5.76 Å². The van der Waals surface area contributed by atoms with E-state index in [0.717, 1.165) is 22.5 Å². The predicted octanol–water partition coefficient (Wildman–Crippen LogP) is 4.91. The van der Waals surface area contributed by atoms with E-state index in [2.05, 4.69) is 15.0 Å². The van der Waals surface area contributed by atoms with Crippen LogP contribution in [0.5, 0.6) is 0 Å². The molecule has 0 amide bonds. The molecule has 178 valence electrons. The molecule has 2 heterocycles. The number of rotatable bonds is 12. The number of aryl methyl sites for hydroxylation is 1. The fourth-order valence-electron chi connectivity index (χ4n) is 3.55. The molecule has 1 N–H and O–H groups in total. The number of aliphatic hydroxyl groups is 1. The topological polar surface area (TPSA) is 84.8 Å². The van der Waals surface area contributed by atoms with E-state index in [1.807, 2.05) is 67.6 Å². The number of aromatic nitrogens is 2. The lowest BCUT2D eigenvalue weighted by Gasteiger charge is -2.23. The largest absolute Gasteiger partial charge is 0.468 e. The second-order valence-electron chi connectivity index (χ2n) is 8.19. The first kappa shape index (κ1) is 24.2. The summed E-state index contributed by atoms with van der Waals surface area (Å²) in [5, 5.41) is 15.3. The normalized spacial score (nSPS) is 12.4. The average Bonchev–Trinajstić information content (AvgIpc) is 3.52. The van der Waals surface area contributed by atoms with Crippen LogP contribution in [0.4, 0.5) is 0 Å². The lowest BCUT2D eigenvalue weighted by molar-refractivity contribution is 0.00750. The van der Waals surface area contributed by atoms with E-state index < -0.39 is 6.10 Å². The molecular formula is C26H28ClN3O4. The minimum Gasteiger partial charge on any atom is -0.468 e. The minimum absolute atomic E-state index is 0.239. The van der Waals surface area contributed by atoms with E-state index in [1.54, 1.807) is 6.26 Å². The number of hydrogen-bond acceptors (Lipinski definition) is 7. The van der Waals surface area contributed by atoms with Crippen molar-refractivity contribution in [1.29, 1.82) is 0 Å². The van der Waals surface area contributed by atoms with Crippen LogP contribution in [0.15, 0.2) is 75.9 Å². The summed E-state index contributed by atoms with van der Waals surface area (Å²) in [6, 6.07) is 19.4. The summed E-state index contributed by atoms with van der Waals surface area (Å²) in [5.74, 6) is 1.84. The Morgan fingerprint density at radius 2 is 1.97 bits per heavy atom. The number of hydrogen-bond donors (Lipinski definition) is 1. The monoisotopic (exact) mass is 481 g/mol. The van der Waals surface area contributed by atoms with Gasteiger partial charge in [0.25, 0.3) is 0 Å². The van der Waals surface area contributed by atoms with Gasteiger partial charge in [-0.05, 0) is 36.2 Å². The standard InChI is InChI=1S/C26H28ClN3O4/c1-19-9-10-21(14-24(19)27)26-28-25(34-29-26)11-12-30(16-23-8-5-13-33-23)15-22(31)18-32-17-20-6-3-2-4-7-20/h2-10,13-14,22,31H,11-12,15-18H2,1H3. The number of nitrogens with zero attached hydrogens (tertiary/aromatic N) is 3. The molecule has 2 aromatic heterocycles. The maximum atomic E-state index is 10.6. The molecule has 4 aromatic rings. The van der Waals surface area contributed by atoms with Crippen molar-refractivity contribution >= 4 is 11.6 Å². The molecule has 0 fully saturated rings. The fourth-order valence-corrected chi connectivity index (χ4v) is 3.74. The van der Waals surface area contributed by atoms with Crippen molar-refractivity contribution in [2.45, 2.75) is 32.6 Å². The highest BCUT2D eigenvalue weighted by Gasteiger charge is 2.17. The molecule has 7 nitrogen and oxygen atoms in total. The number of ether oxygens (including phenoxy) is 1. The Hall–Kier alpha value is -2.97. The maximum absolute atomic E-state index is 10.6. The van der Waals surface area contributed by atoms with Gasteiger partial charge >= 0.3 is 0 Å². The molecule has 0 aliphatic heterocycles. The summed E-state index contributed by atoms with van der Waals surface area (Å²) in [4.78, 5) is 6.59. The van der Waals surface area contributed by atoms with Gasteiger partial charge in [0, 0.05) is 30.1 Å². The van der Waals surface area contributed by atoms with Crippen LogP contribution in [0.25, 0.3) is 11.4 Å². The second-order valence-corrected chi connectivity index (χ2v) is 8.60. The van der Waals surface area contributed by atoms with Crippen molar-refractivity contribution < 1.29 is 18.8 Å². The fraction of sp³-hybridized carbons (Fsp3) is 0.308. The number of furan rings is 1. The van der Waals surface area contributed by atoms with E-state index in [0.29, 0.717) is 49.4 Å². The third kappa shape index (κ3) is 7.01. The first-order valence-electron chi connectivity index (χ1n) is 11.2. The highest BCUT2D eigenvalue weighted by molar-refractivity contribution is 6.31. The van der Waals surface area contributed by atoms with E-state index >= 15 is 0 Å². The van der Waals surface area contributed by atoms with Crippen LogP contribution in [-0.2, 0) is 24.3 Å². The first-order chi connectivity index (χ1) is 16.6. The molecule has 0 spiro atoms. The Morgan fingerprint density at radius 1 is 1.12 bits per heavy atom. The van der Waals surface area contributed by atoms with Crippen molar-refractivity contribution in [1.82, 2.24) is 15.0 Å². The van der Waals surface area contributed by atoms with Crippen LogP contribution in [-0.4, -0.2) is 45.9 Å². The van der Waals surface area contributed by atoms with E-state index in [-0.39, 0.29) is 6.61 Å². The molecule has 0 aliphatic carbocycles. The maximum Gasteiger partial charge on any atom is 0.228 e. The summed E-state index contributed by atoms with van der Waals surface area (Å²) in [5.41, 5.74) is 2.88. The van der Waals surface area contributed by atoms with Gasteiger partial charge in [-0.15, -0.1) is 0 Å². The Kier molecular flexibility index (Phi) is 8.49. The van der Waals surface area contributed by atoms with Crippen molar-refractivity contribution in [3.05, 3.63) is 94.7 Å². The van der Waals surface area contributed by atoms with Crippen molar-refractivity contribution in [2.24, 2.45) is 0 Å². The molecule has 8 heteroatoms. The summed E-state index contributed by atoms with van der Waals surface area (Å²) in [7, 11) is 0. The van der Waals surface area contributed by atoms with Crippen LogP contribution >= 0.6 is 11.6 Å². The second kappa shape index (κ2) is 11.9. The summed E-state index contributed by atoms with van der Waals surface area (Å²) >= 11 is 6.22. The third-order valence-electron chi connectivity index (χ3n) is 5.39. The van der Waals surface area contributed by atoms with Crippen LogP contribution in [0.2, 0.25) is 5.02 Å². The zero-order valence-electron chi connectivity index (χ0n) is 19.1. The summed E-state index contributed by atoms with van der Waals surface area (Å²) in [6.07, 6.45) is 1.53. The number of aliphatic hydroxyl groups excluding tert-OH is 1. The van der Waals surface area contributed by atoms with Gasteiger partial charge < -0.3 is 18.8 Å². The molecule has 0 bridgehead atoms. The van der Waals surface area contributed by atoms with Gasteiger partial charge in [0.15, 0.2) is 0 Å². The molecule has 0 saturated heterocycles. The highest BCUT2D eigenvalue weighted by atomic mass is 35.5. The Morgan fingerprint density at radius 3 is 2.74 bits per heavy atom. The van der Waals surface area contributed by atoms with Crippen molar-refractivity contribution in [3.8, 4) is 11.4 Å². The van der Waals surface area contributed by atoms with Gasteiger partial charge in [-0.25, -0.2) is 0 Å². The quantitative estimate of drug-likeness (QED) is 0.307. The Labute approximate surface area is 203 Å². The van der Waals surface area contributed by atoms with Gasteiger partial charge in [-0.1, -0.05) is 59.2 Å². The zero-order valence-corrected chi connectivity index (χ0v) is 19.8. The van der Waals surface area contributed by atoms with Gasteiger partial charge in [0.2, 0.25) is 11.7 Å². The van der Waals surface area contributed by atoms with Crippen LogP contribution in [0.1, 0.15) is 22.8 Å². The molecule has 0 aliphatic rings. The highest BCUT2D eigenvalue weighted by Crippen LogP contribution is 2.23. The Balaban J connectivity index is 1.32. The SMILES string of the molecule is Cc1ccc(-c2noc(CCN(Cc3ccco3)CC(O)COCc3ccccc3)n2)cc1Cl. The molecular weight excluding hydrogens is 454 g/mol.